The number of hydrogen-bond donors (Lipinski definition) is 1. The number of aliphatic hydroxyl groups excluding tert-OH is 1. The van der Waals surface area contributed by atoms with Crippen LogP contribution in [0.25, 0.3) is 0 Å². The lowest BCUT2D eigenvalue weighted by atomic mass is 9.91. The number of rotatable bonds is 3. The minimum absolute atomic E-state index is 0.210. The molecule has 1 aliphatic rings. The lowest BCUT2D eigenvalue weighted by Gasteiger charge is -2.20. The Morgan fingerprint density at radius 3 is 2.38 bits per heavy atom. The average Bonchev–Trinajstić information content (AvgIpc) is 2.99. The van der Waals surface area contributed by atoms with Gasteiger partial charge in [-0.25, -0.2) is 0 Å². The molecule has 1 aromatic rings. The summed E-state index contributed by atoms with van der Waals surface area (Å²) in [6.07, 6.45) is 3.20. The van der Waals surface area contributed by atoms with E-state index in [1.165, 1.54) is 12.8 Å². The Balaban J connectivity index is 2.18. The first-order valence-corrected chi connectivity index (χ1v) is 5.01. The van der Waals surface area contributed by atoms with Crippen molar-refractivity contribution >= 4 is 0 Å². The van der Waals surface area contributed by atoms with E-state index in [1.807, 2.05) is 30.3 Å². The van der Waals surface area contributed by atoms with Crippen LogP contribution in [0, 0.1) is 5.41 Å². The van der Waals surface area contributed by atoms with E-state index < -0.39 is 0 Å². The van der Waals surface area contributed by atoms with Crippen molar-refractivity contribution < 1.29 is 5.11 Å². The third-order valence-electron chi connectivity index (χ3n) is 3.29. The molecule has 1 aromatic carbocycles. The summed E-state index contributed by atoms with van der Waals surface area (Å²) in [5.41, 5.74) is 1.28. The summed E-state index contributed by atoms with van der Waals surface area (Å²) < 4.78 is 0. The van der Waals surface area contributed by atoms with Gasteiger partial charge in [0.25, 0.3) is 0 Å². The third kappa shape index (κ3) is 1.49. The van der Waals surface area contributed by atoms with Crippen LogP contribution in [0.4, 0.5) is 0 Å². The second kappa shape index (κ2) is 3.15. The van der Waals surface area contributed by atoms with Gasteiger partial charge in [0.05, 0.1) is 6.10 Å². The Hall–Kier alpha value is -0.820. The molecule has 1 saturated carbocycles. The van der Waals surface area contributed by atoms with Gasteiger partial charge in [0, 0.05) is 5.41 Å². The van der Waals surface area contributed by atoms with Crippen molar-refractivity contribution in [2.45, 2.75) is 32.3 Å². The van der Waals surface area contributed by atoms with Gasteiger partial charge < -0.3 is 5.11 Å². The molecule has 0 saturated heterocycles. The molecule has 0 heterocycles. The van der Waals surface area contributed by atoms with Gasteiger partial charge in [-0.15, -0.1) is 0 Å². The molecule has 70 valence electrons. The zero-order valence-corrected chi connectivity index (χ0v) is 8.03. The van der Waals surface area contributed by atoms with Gasteiger partial charge in [0.1, 0.15) is 0 Å². The van der Waals surface area contributed by atoms with E-state index in [4.69, 9.17) is 0 Å². The van der Waals surface area contributed by atoms with Crippen molar-refractivity contribution in [1.29, 1.82) is 0 Å². The van der Waals surface area contributed by atoms with Gasteiger partial charge in [0.15, 0.2) is 0 Å². The molecule has 1 atom stereocenters. The molecule has 0 radical (unpaired) electrons. The molecule has 0 spiro atoms. The monoisotopic (exact) mass is 176 g/mol. The molecular weight excluding hydrogens is 160 g/mol. The van der Waals surface area contributed by atoms with Gasteiger partial charge in [-0.1, -0.05) is 37.3 Å². The highest BCUT2D eigenvalue weighted by molar-refractivity contribution is 5.21. The highest BCUT2D eigenvalue weighted by atomic mass is 16.3. The van der Waals surface area contributed by atoms with Gasteiger partial charge in [-0.2, -0.15) is 0 Å². The molecule has 0 aromatic heterocycles. The van der Waals surface area contributed by atoms with E-state index in [1.54, 1.807) is 0 Å². The Morgan fingerprint density at radius 2 is 1.92 bits per heavy atom. The lowest BCUT2D eigenvalue weighted by Crippen LogP contribution is -2.12. The van der Waals surface area contributed by atoms with E-state index in [9.17, 15) is 5.11 Å². The first-order valence-electron chi connectivity index (χ1n) is 5.01. The van der Waals surface area contributed by atoms with E-state index in [0.717, 1.165) is 12.0 Å². The van der Waals surface area contributed by atoms with Gasteiger partial charge in [0.2, 0.25) is 0 Å². The van der Waals surface area contributed by atoms with E-state index >= 15 is 0 Å². The Bertz CT molecular complexity index is 274. The van der Waals surface area contributed by atoms with Crippen LogP contribution < -0.4 is 0 Å². The largest absolute Gasteiger partial charge is 0.388 e. The maximum absolute atomic E-state index is 10.1. The van der Waals surface area contributed by atoms with Crippen LogP contribution in [0.5, 0.6) is 0 Å². The Labute approximate surface area is 79.4 Å². The van der Waals surface area contributed by atoms with Crippen LogP contribution in [-0.2, 0) is 0 Å². The minimum Gasteiger partial charge on any atom is -0.388 e. The highest BCUT2D eigenvalue weighted by Gasteiger charge is 2.47. The van der Waals surface area contributed by atoms with Crippen molar-refractivity contribution in [2.75, 3.05) is 0 Å². The van der Waals surface area contributed by atoms with Crippen molar-refractivity contribution in [2.24, 2.45) is 5.41 Å². The molecule has 13 heavy (non-hydrogen) atoms. The van der Waals surface area contributed by atoms with Crippen LogP contribution in [0.15, 0.2) is 30.3 Å². The zero-order chi connectivity index (χ0) is 9.31. The first-order chi connectivity index (χ1) is 6.28. The summed E-state index contributed by atoms with van der Waals surface area (Å²) in [7, 11) is 0. The number of aliphatic hydroxyl groups is 1. The zero-order valence-electron chi connectivity index (χ0n) is 8.03. The van der Waals surface area contributed by atoms with Crippen LogP contribution in [0.3, 0.4) is 0 Å². The molecular formula is C12H16O. The molecule has 1 N–H and O–H groups in total. The average molecular weight is 176 g/mol. The predicted octanol–water partition coefficient (Wildman–Crippen LogP) is 2.91. The van der Waals surface area contributed by atoms with Crippen molar-refractivity contribution in [3.63, 3.8) is 0 Å². The standard InChI is InChI=1S/C12H16O/c1-2-12(8-9-12)11(13)10-6-4-3-5-7-10/h3-7,11,13H,2,8-9H2,1H3. The quantitative estimate of drug-likeness (QED) is 0.750. The fourth-order valence-corrected chi connectivity index (χ4v) is 1.97. The van der Waals surface area contributed by atoms with E-state index in [2.05, 4.69) is 6.92 Å². The molecule has 0 aliphatic heterocycles. The minimum atomic E-state index is -0.251. The Morgan fingerprint density at radius 1 is 1.31 bits per heavy atom. The third-order valence-corrected chi connectivity index (χ3v) is 3.29. The summed E-state index contributed by atoms with van der Waals surface area (Å²) >= 11 is 0. The molecule has 1 fully saturated rings. The smallest absolute Gasteiger partial charge is 0.0846 e. The van der Waals surface area contributed by atoms with Crippen molar-refractivity contribution in [1.82, 2.24) is 0 Å². The number of hydrogen-bond acceptors (Lipinski definition) is 1. The summed E-state index contributed by atoms with van der Waals surface area (Å²) in [6.45, 7) is 2.17. The van der Waals surface area contributed by atoms with E-state index in [0.29, 0.717) is 0 Å². The summed E-state index contributed by atoms with van der Waals surface area (Å²) in [5, 5.41) is 10.1. The second-order valence-corrected chi connectivity index (χ2v) is 4.03. The maximum atomic E-state index is 10.1. The summed E-state index contributed by atoms with van der Waals surface area (Å²) in [4.78, 5) is 0. The SMILES string of the molecule is CCC1(C(O)c2ccccc2)CC1. The molecule has 0 bridgehead atoms. The summed E-state index contributed by atoms with van der Waals surface area (Å²) in [5.74, 6) is 0. The van der Waals surface area contributed by atoms with Crippen LogP contribution in [0.2, 0.25) is 0 Å². The van der Waals surface area contributed by atoms with Gasteiger partial charge in [-0.3, -0.25) is 0 Å². The highest BCUT2D eigenvalue weighted by Crippen LogP contribution is 2.57. The normalized spacial score (nSPS) is 21.1. The van der Waals surface area contributed by atoms with Crippen molar-refractivity contribution in [3.8, 4) is 0 Å². The van der Waals surface area contributed by atoms with Gasteiger partial charge in [-0.05, 0) is 24.8 Å². The Kier molecular flexibility index (Phi) is 2.12. The maximum Gasteiger partial charge on any atom is 0.0846 e. The fourth-order valence-electron chi connectivity index (χ4n) is 1.97. The second-order valence-electron chi connectivity index (χ2n) is 4.03. The lowest BCUT2D eigenvalue weighted by molar-refractivity contribution is 0.0902. The predicted molar refractivity (Wildman–Crippen MR) is 53.4 cm³/mol. The molecule has 1 unspecified atom stereocenters. The van der Waals surface area contributed by atoms with Gasteiger partial charge >= 0.3 is 0 Å². The fraction of sp³-hybridized carbons (Fsp3) is 0.500. The van der Waals surface area contributed by atoms with Crippen LogP contribution in [0.1, 0.15) is 37.9 Å². The van der Waals surface area contributed by atoms with Crippen LogP contribution >= 0.6 is 0 Å². The molecule has 1 heteroatoms. The van der Waals surface area contributed by atoms with Crippen LogP contribution in [-0.4, -0.2) is 5.11 Å². The van der Waals surface area contributed by atoms with E-state index in [-0.39, 0.29) is 11.5 Å². The molecule has 2 rings (SSSR count). The molecule has 0 amide bonds. The number of benzene rings is 1. The van der Waals surface area contributed by atoms with Crippen molar-refractivity contribution in [3.05, 3.63) is 35.9 Å². The molecule has 1 nitrogen and oxygen atoms in total. The molecule has 1 aliphatic carbocycles. The first kappa shape index (κ1) is 8.76. The topological polar surface area (TPSA) is 20.2 Å². The summed E-state index contributed by atoms with van der Waals surface area (Å²) in [6, 6.07) is 10.00.